The summed E-state index contributed by atoms with van der Waals surface area (Å²) >= 11 is 7.87. The van der Waals surface area contributed by atoms with Crippen molar-refractivity contribution in [3.63, 3.8) is 0 Å². The average Bonchev–Trinajstić information content (AvgIpc) is 2.28. The second-order valence-corrected chi connectivity index (χ2v) is 5.69. The van der Waals surface area contributed by atoms with E-state index < -0.39 is 0 Å². The van der Waals surface area contributed by atoms with Crippen molar-refractivity contribution in [1.29, 1.82) is 0 Å². The maximum atomic E-state index is 5.92. The highest BCUT2D eigenvalue weighted by atomic mass is 35.5. The van der Waals surface area contributed by atoms with Crippen LogP contribution < -0.4 is 10.2 Å². The Hall–Kier alpha value is -0.750. The third-order valence-corrected chi connectivity index (χ3v) is 3.42. The van der Waals surface area contributed by atoms with Gasteiger partial charge in [0, 0.05) is 30.6 Å². The van der Waals surface area contributed by atoms with Gasteiger partial charge >= 0.3 is 0 Å². The Morgan fingerprint density at radius 1 is 1.24 bits per heavy atom. The number of rotatable bonds is 3. The smallest absolute Gasteiger partial charge is 0.231 e. The van der Waals surface area contributed by atoms with Crippen LogP contribution in [0.2, 0.25) is 5.28 Å². The van der Waals surface area contributed by atoms with E-state index in [1.807, 2.05) is 25.6 Å². The second-order valence-electron chi connectivity index (χ2n) is 4.13. The predicted molar refractivity (Wildman–Crippen MR) is 73.1 cm³/mol. The summed E-state index contributed by atoms with van der Waals surface area (Å²) < 4.78 is 0. The molecule has 17 heavy (non-hydrogen) atoms. The molecule has 0 unspecified atom stereocenters. The minimum atomic E-state index is 0.247. The number of aromatic nitrogens is 3. The number of thioether (sulfide) groups is 1. The Balaban J connectivity index is 2.18. The molecule has 0 saturated carbocycles. The van der Waals surface area contributed by atoms with Gasteiger partial charge in [-0.15, -0.1) is 0 Å². The maximum absolute atomic E-state index is 5.92. The highest BCUT2D eigenvalue weighted by Crippen LogP contribution is 2.18. The molecule has 1 aromatic rings. The van der Waals surface area contributed by atoms with E-state index in [1.54, 1.807) is 0 Å². The van der Waals surface area contributed by atoms with Gasteiger partial charge in [-0.2, -0.15) is 26.7 Å². The fraction of sp³-hybridized carbons (Fsp3) is 0.700. The van der Waals surface area contributed by atoms with Gasteiger partial charge < -0.3 is 10.2 Å². The van der Waals surface area contributed by atoms with Crippen LogP contribution in [0.3, 0.4) is 0 Å². The molecule has 1 fully saturated rings. The van der Waals surface area contributed by atoms with Crippen molar-refractivity contribution in [2.24, 2.45) is 0 Å². The molecule has 2 rings (SSSR count). The Bertz CT molecular complexity index is 381. The molecule has 1 saturated heterocycles. The van der Waals surface area contributed by atoms with Crippen molar-refractivity contribution >= 4 is 35.3 Å². The summed E-state index contributed by atoms with van der Waals surface area (Å²) in [5.41, 5.74) is 0. The Kier molecular flexibility index (Phi) is 4.28. The lowest BCUT2D eigenvalue weighted by molar-refractivity contribution is 0.798. The number of anilines is 2. The zero-order valence-electron chi connectivity index (χ0n) is 9.98. The van der Waals surface area contributed by atoms with Crippen LogP contribution in [-0.2, 0) is 0 Å². The van der Waals surface area contributed by atoms with Crippen molar-refractivity contribution in [2.45, 2.75) is 19.9 Å². The van der Waals surface area contributed by atoms with E-state index >= 15 is 0 Å². The number of hydrogen-bond acceptors (Lipinski definition) is 6. The lowest BCUT2D eigenvalue weighted by Crippen LogP contribution is -2.34. The fourth-order valence-corrected chi connectivity index (χ4v) is 2.63. The van der Waals surface area contributed by atoms with Crippen LogP contribution in [0.25, 0.3) is 0 Å². The molecule has 1 N–H and O–H groups in total. The third kappa shape index (κ3) is 3.61. The molecule has 0 aromatic carbocycles. The SMILES string of the molecule is CC(C)Nc1nc(Cl)nc(N2CCSCC2)n1. The number of nitrogens with one attached hydrogen (secondary N) is 1. The van der Waals surface area contributed by atoms with Gasteiger partial charge in [-0.25, -0.2) is 0 Å². The van der Waals surface area contributed by atoms with Gasteiger partial charge in [0.2, 0.25) is 17.2 Å². The Morgan fingerprint density at radius 3 is 2.59 bits per heavy atom. The number of nitrogens with zero attached hydrogens (tertiary/aromatic N) is 4. The molecule has 0 amide bonds. The average molecular weight is 274 g/mol. The second kappa shape index (κ2) is 5.73. The maximum Gasteiger partial charge on any atom is 0.231 e. The van der Waals surface area contributed by atoms with E-state index in [1.165, 1.54) is 0 Å². The van der Waals surface area contributed by atoms with Crippen LogP contribution in [0.4, 0.5) is 11.9 Å². The summed E-state index contributed by atoms with van der Waals surface area (Å²) in [5, 5.41) is 3.39. The van der Waals surface area contributed by atoms with Gasteiger partial charge in [0.05, 0.1) is 0 Å². The van der Waals surface area contributed by atoms with E-state index in [-0.39, 0.29) is 11.3 Å². The summed E-state index contributed by atoms with van der Waals surface area (Å²) in [6.45, 7) is 6.00. The zero-order chi connectivity index (χ0) is 12.3. The monoisotopic (exact) mass is 273 g/mol. The fourth-order valence-electron chi connectivity index (χ4n) is 1.57. The Labute approximate surface area is 110 Å². The Morgan fingerprint density at radius 2 is 1.94 bits per heavy atom. The van der Waals surface area contributed by atoms with Gasteiger partial charge in [0.1, 0.15) is 0 Å². The standard InChI is InChI=1S/C10H16ClN5S/c1-7(2)12-9-13-8(11)14-10(15-9)16-3-5-17-6-4-16/h7H,3-6H2,1-2H3,(H,12,13,14,15). The highest BCUT2D eigenvalue weighted by Gasteiger charge is 2.16. The molecule has 0 atom stereocenters. The first-order valence-corrected chi connectivity index (χ1v) is 7.19. The largest absolute Gasteiger partial charge is 0.352 e. The van der Waals surface area contributed by atoms with Crippen molar-refractivity contribution in [1.82, 2.24) is 15.0 Å². The number of hydrogen-bond donors (Lipinski definition) is 1. The summed E-state index contributed by atoms with van der Waals surface area (Å²) in [6, 6.07) is 0.276. The van der Waals surface area contributed by atoms with Crippen LogP contribution in [-0.4, -0.2) is 45.6 Å². The third-order valence-electron chi connectivity index (χ3n) is 2.31. The molecule has 2 heterocycles. The topological polar surface area (TPSA) is 53.9 Å². The highest BCUT2D eigenvalue weighted by molar-refractivity contribution is 7.99. The first-order chi connectivity index (χ1) is 8.15. The molecule has 1 aromatic heterocycles. The van der Waals surface area contributed by atoms with Crippen molar-refractivity contribution < 1.29 is 0 Å². The number of halogens is 1. The van der Waals surface area contributed by atoms with Crippen LogP contribution in [0, 0.1) is 0 Å². The van der Waals surface area contributed by atoms with Crippen LogP contribution in [0.5, 0.6) is 0 Å². The van der Waals surface area contributed by atoms with Crippen molar-refractivity contribution in [3.8, 4) is 0 Å². The van der Waals surface area contributed by atoms with E-state index in [0.29, 0.717) is 11.9 Å². The van der Waals surface area contributed by atoms with E-state index in [2.05, 4.69) is 25.2 Å². The molecule has 94 valence electrons. The van der Waals surface area contributed by atoms with Crippen LogP contribution in [0.1, 0.15) is 13.8 Å². The molecule has 5 nitrogen and oxygen atoms in total. The van der Waals surface area contributed by atoms with Crippen LogP contribution in [0.15, 0.2) is 0 Å². The molecule has 0 spiro atoms. The molecule has 0 bridgehead atoms. The molecular formula is C10H16ClN5S. The quantitative estimate of drug-likeness (QED) is 0.908. The molecular weight excluding hydrogens is 258 g/mol. The minimum Gasteiger partial charge on any atom is -0.352 e. The van der Waals surface area contributed by atoms with Gasteiger partial charge in [-0.05, 0) is 25.4 Å². The van der Waals surface area contributed by atoms with Crippen molar-refractivity contribution in [3.05, 3.63) is 5.28 Å². The molecule has 0 aliphatic carbocycles. The summed E-state index contributed by atoms with van der Waals surface area (Å²) in [6.07, 6.45) is 0. The van der Waals surface area contributed by atoms with E-state index in [0.717, 1.165) is 24.6 Å². The van der Waals surface area contributed by atoms with Crippen LogP contribution >= 0.6 is 23.4 Å². The minimum absolute atomic E-state index is 0.247. The molecule has 0 radical (unpaired) electrons. The molecule has 1 aliphatic heterocycles. The lowest BCUT2D eigenvalue weighted by atomic mass is 10.4. The van der Waals surface area contributed by atoms with E-state index in [4.69, 9.17) is 11.6 Å². The van der Waals surface area contributed by atoms with Crippen molar-refractivity contribution in [2.75, 3.05) is 34.8 Å². The molecule has 1 aliphatic rings. The normalized spacial score (nSPS) is 16.4. The lowest BCUT2D eigenvalue weighted by Gasteiger charge is -2.26. The zero-order valence-corrected chi connectivity index (χ0v) is 11.6. The van der Waals surface area contributed by atoms with Gasteiger partial charge in [0.25, 0.3) is 0 Å². The van der Waals surface area contributed by atoms with E-state index in [9.17, 15) is 0 Å². The van der Waals surface area contributed by atoms with Gasteiger partial charge in [-0.1, -0.05) is 0 Å². The summed E-state index contributed by atoms with van der Waals surface area (Å²) in [5.74, 6) is 3.44. The summed E-state index contributed by atoms with van der Waals surface area (Å²) in [4.78, 5) is 14.8. The van der Waals surface area contributed by atoms with Gasteiger partial charge in [-0.3, -0.25) is 0 Å². The molecule has 7 heteroatoms. The summed E-state index contributed by atoms with van der Waals surface area (Å²) in [7, 11) is 0. The first-order valence-electron chi connectivity index (χ1n) is 5.66. The van der Waals surface area contributed by atoms with Gasteiger partial charge in [0.15, 0.2) is 0 Å². The predicted octanol–water partition coefficient (Wildman–Crippen LogP) is 1.90. The first kappa shape index (κ1) is 12.7.